The van der Waals surface area contributed by atoms with Crippen LogP contribution in [0.3, 0.4) is 0 Å². The highest BCUT2D eigenvalue weighted by Crippen LogP contribution is 2.39. The van der Waals surface area contributed by atoms with E-state index in [1.54, 1.807) is 42.1 Å². The smallest absolute Gasteiger partial charge is 0.254 e. The normalized spacial score (nSPS) is 18.3. The second-order valence-electron chi connectivity index (χ2n) is 10.2. The number of carbonyl (C=O) groups excluding carboxylic acids is 2. The molecule has 0 radical (unpaired) electrons. The van der Waals surface area contributed by atoms with Crippen molar-refractivity contribution >= 4 is 11.8 Å². The van der Waals surface area contributed by atoms with Crippen LogP contribution in [0, 0.1) is 0 Å². The molecular weight excluding hydrogens is 542 g/mol. The molecule has 6 bridgehead atoms. The third-order valence-corrected chi connectivity index (χ3v) is 7.52. The van der Waals surface area contributed by atoms with E-state index in [0.29, 0.717) is 84.7 Å². The summed E-state index contributed by atoms with van der Waals surface area (Å²) in [6.07, 6.45) is 5.89. The van der Waals surface area contributed by atoms with E-state index in [2.05, 4.69) is 15.6 Å². The van der Waals surface area contributed by atoms with Crippen molar-refractivity contribution in [3.8, 4) is 28.7 Å². The minimum atomic E-state index is -0.260. The molecule has 2 aromatic carbocycles. The number of ether oxygens (including phenoxy) is 5. The number of nitrogens with one attached hydrogen (secondary N) is 1. The van der Waals surface area contributed by atoms with Gasteiger partial charge < -0.3 is 33.9 Å². The number of hydrogen-bond acceptors (Lipinski definition) is 9. The van der Waals surface area contributed by atoms with Gasteiger partial charge >= 0.3 is 0 Å². The number of aromatic nitrogens is 3. The third kappa shape index (κ3) is 6.53. The second kappa shape index (κ2) is 13.5. The third-order valence-electron chi connectivity index (χ3n) is 7.52. The molecule has 1 unspecified atom stereocenters. The van der Waals surface area contributed by atoms with Gasteiger partial charge in [0.1, 0.15) is 12.3 Å². The summed E-state index contributed by atoms with van der Waals surface area (Å²) < 4.78 is 30.3. The van der Waals surface area contributed by atoms with Gasteiger partial charge in [-0.1, -0.05) is 5.21 Å². The zero-order chi connectivity index (χ0) is 29.5. The minimum Gasteiger partial charge on any atom is -0.493 e. The maximum Gasteiger partial charge on any atom is 0.254 e. The molecule has 3 aliphatic heterocycles. The molecular formula is C30H37N5O7. The average molecular weight is 580 g/mol. The molecule has 1 atom stereocenters. The SMILES string of the molecule is COc1ccc2cc1OCc1cn(nn1)CCCOc1c(OC)cc(cc1OC)C(=O)NCCC1CCCCN1C2=O. The summed E-state index contributed by atoms with van der Waals surface area (Å²) >= 11 is 0. The van der Waals surface area contributed by atoms with E-state index >= 15 is 0 Å². The first kappa shape index (κ1) is 29.0. The molecule has 4 heterocycles. The fourth-order valence-electron chi connectivity index (χ4n) is 5.33. The fraction of sp³-hybridized carbons (Fsp3) is 0.467. The molecule has 0 spiro atoms. The van der Waals surface area contributed by atoms with Gasteiger partial charge in [0.15, 0.2) is 23.0 Å². The molecule has 1 aromatic heterocycles. The zero-order valence-corrected chi connectivity index (χ0v) is 24.3. The van der Waals surface area contributed by atoms with E-state index in [0.717, 1.165) is 19.3 Å². The Morgan fingerprint density at radius 1 is 0.881 bits per heavy atom. The maximum absolute atomic E-state index is 13.7. The molecule has 2 amide bonds. The topological polar surface area (TPSA) is 126 Å². The van der Waals surface area contributed by atoms with E-state index in [1.807, 2.05) is 11.1 Å². The Bertz CT molecular complexity index is 1380. The van der Waals surface area contributed by atoms with Crippen LogP contribution in [0.2, 0.25) is 0 Å². The van der Waals surface area contributed by atoms with Crippen LogP contribution in [-0.4, -0.2) is 78.8 Å². The van der Waals surface area contributed by atoms with Gasteiger partial charge in [-0.25, -0.2) is 0 Å². The Labute approximate surface area is 244 Å². The highest BCUT2D eigenvalue weighted by atomic mass is 16.5. The molecule has 3 aliphatic rings. The van der Waals surface area contributed by atoms with Crippen LogP contribution < -0.4 is 29.0 Å². The van der Waals surface area contributed by atoms with E-state index < -0.39 is 0 Å². The number of nitrogens with zero attached hydrogens (tertiary/aromatic N) is 4. The lowest BCUT2D eigenvalue weighted by molar-refractivity contribution is 0.0601. The van der Waals surface area contributed by atoms with E-state index in [9.17, 15) is 9.59 Å². The van der Waals surface area contributed by atoms with Crippen molar-refractivity contribution in [1.82, 2.24) is 25.2 Å². The Kier molecular flexibility index (Phi) is 9.30. The summed E-state index contributed by atoms with van der Waals surface area (Å²) in [6.45, 7) is 2.14. The predicted octanol–water partition coefficient (Wildman–Crippen LogP) is 3.48. The van der Waals surface area contributed by atoms with E-state index in [4.69, 9.17) is 23.7 Å². The van der Waals surface area contributed by atoms with Crippen LogP contribution in [0.15, 0.2) is 36.5 Å². The first-order valence-electron chi connectivity index (χ1n) is 14.2. The second-order valence-corrected chi connectivity index (χ2v) is 10.2. The summed E-state index contributed by atoms with van der Waals surface area (Å²) in [5.74, 6) is 1.88. The van der Waals surface area contributed by atoms with E-state index in [-0.39, 0.29) is 24.5 Å². The number of amides is 2. The van der Waals surface area contributed by atoms with Crippen LogP contribution in [0.25, 0.3) is 0 Å². The Hall–Kier alpha value is -4.48. The predicted molar refractivity (Wildman–Crippen MR) is 153 cm³/mol. The van der Waals surface area contributed by atoms with Crippen LogP contribution in [0.1, 0.15) is 58.5 Å². The van der Waals surface area contributed by atoms with Crippen molar-refractivity contribution < 1.29 is 33.3 Å². The van der Waals surface area contributed by atoms with Crippen LogP contribution in [0.4, 0.5) is 0 Å². The van der Waals surface area contributed by atoms with Crippen molar-refractivity contribution in [3.05, 3.63) is 53.3 Å². The minimum absolute atomic E-state index is 0.00508. The van der Waals surface area contributed by atoms with Gasteiger partial charge in [0.05, 0.1) is 34.1 Å². The van der Waals surface area contributed by atoms with Crippen molar-refractivity contribution in [2.75, 3.05) is 41.0 Å². The molecule has 1 saturated heterocycles. The first-order chi connectivity index (χ1) is 20.5. The van der Waals surface area contributed by atoms with Crippen LogP contribution >= 0.6 is 0 Å². The van der Waals surface area contributed by atoms with Crippen LogP contribution in [-0.2, 0) is 13.2 Å². The Morgan fingerprint density at radius 2 is 1.67 bits per heavy atom. The monoisotopic (exact) mass is 579 g/mol. The molecule has 224 valence electrons. The van der Waals surface area contributed by atoms with Crippen molar-refractivity contribution in [2.45, 2.75) is 51.3 Å². The quantitative estimate of drug-likeness (QED) is 0.496. The molecule has 1 fully saturated rings. The van der Waals surface area contributed by atoms with Gasteiger partial charge in [-0.2, -0.15) is 0 Å². The van der Waals surface area contributed by atoms with Crippen molar-refractivity contribution in [1.29, 1.82) is 0 Å². The summed E-state index contributed by atoms with van der Waals surface area (Å²) in [6, 6.07) is 8.50. The van der Waals surface area contributed by atoms with Gasteiger partial charge in [0.2, 0.25) is 5.75 Å². The molecule has 3 aromatic rings. The molecule has 12 heteroatoms. The fourth-order valence-corrected chi connectivity index (χ4v) is 5.33. The molecule has 1 N–H and O–H groups in total. The lowest BCUT2D eigenvalue weighted by Crippen LogP contribution is -2.45. The maximum atomic E-state index is 13.7. The summed E-state index contributed by atoms with van der Waals surface area (Å²) in [7, 11) is 4.61. The lowest BCUT2D eigenvalue weighted by atomic mass is 9.98. The van der Waals surface area contributed by atoms with Crippen molar-refractivity contribution in [2.24, 2.45) is 0 Å². The van der Waals surface area contributed by atoms with Gasteiger partial charge in [-0.3, -0.25) is 14.3 Å². The number of carbonyl (C=O) groups is 2. The molecule has 0 saturated carbocycles. The molecule has 42 heavy (non-hydrogen) atoms. The average Bonchev–Trinajstić information content (AvgIpc) is 3.48. The van der Waals surface area contributed by atoms with Gasteiger partial charge in [0.25, 0.3) is 11.8 Å². The van der Waals surface area contributed by atoms with Crippen molar-refractivity contribution in [3.63, 3.8) is 0 Å². The number of aryl methyl sites for hydroxylation is 1. The lowest BCUT2D eigenvalue weighted by Gasteiger charge is -2.36. The van der Waals surface area contributed by atoms with Crippen LogP contribution in [0.5, 0.6) is 28.7 Å². The number of rotatable bonds is 3. The number of piperidine rings is 1. The molecule has 6 rings (SSSR count). The highest BCUT2D eigenvalue weighted by Gasteiger charge is 2.28. The standard InChI is InChI=1S/C30H37N5O7/c1-38-24-9-8-20-15-25(24)42-19-22-18-34(33-32-22)12-6-14-41-28-26(39-2)16-21(17-27(28)40-3)29(36)31-11-10-23-7-4-5-13-35(23)30(20)37/h8-9,15-18,23H,4-7,10-14,19H2,1-3H3,(H,31,36). The first-order valence-corrected chi connectivity index (χ1v) is 14.2. The largest absolute Gasteiger partial charge is 0.493 e. The number of fused-ring (bicyclic) bond motifs is 9. The summed E-state index contributed by atoms with van der Waals surface area (Å²) in [4.78, 5) is 28.7. The summed E-state index contributed by atoms with van der Waals surface area (Å²) in [5, 5.41) is 11.4. The van der Waals surface area contributed by atoms with Gasteiger partial charge in [-0.05, 0) is 56.0 Å². The van der Waals surface area contributed by atoms with Gasteiger partial charge in [-0.15, -0.1) is 5.10 Å². The summed E-state index contributed by atoms with van der Waals surface area (Å²) in [5.41, 5.74) is 1.55. The zero-order valence-electron chi connectivity index (χ0n) is 24.3. The highest BCUT2D eigenvalue weighted by molar-refractivity contribution is 5.96. The Morgan fingerprint density at radius 3 is 2.43 bits per heavy atom. The number of methoxy groups -OCH3 is 3. The Balaban J connectivity index is 1.43. The molecule has 0 aliphatic carbocycles. The van der Waals surface area contributed by atoms with E-state index in [1.165, 1.54) is 14.2 Å². The molecule has 12 nitrogen and oxygen atoms in total. The van der Waals surface area contributed by atoms with Gasteiger partial charge in [0, 0.05) is 43.2 Å². The number of benzene rings is 2. The number of hydrogen-bond donors (Lipinski definition) is 1.